The Balaban J connectivity index is 2.78. The molecule has 4 nitrogen and oxygen atoms in total. The summed E-state index contributed by atoms with van der Waals surface area (Å²) in [6, 6.07) is 5.18. The maximum atomic E-state index is 11.3. The van der Waals surface area contributed by atoms with Crippen LogP contribution in [0.25, 0.3) is 0 Å². The van der Waals surface area contributed by atoms with E-state index in [2.05, 4.69) is 4.98 Å². The van der Waals surface area contributed by atoms with Crippen LogP contribution in [0.3, 0.4) is 0 Å². The SMILES string of the molecule is CN(C)C(=O)Sc1cc(C#N)ccn1. The van der Waals surface area contributed by atoms with Crippen LogP contribution < -0.4 is 0 Å². The highest BCUT2D eigenvalue weighted by molar-refractivity contribution is 8.13. The molecule has 1 aromatic rings. The van der Waals surface area contributed by atoms with Crippen LogP contribution in [-0.2, 0) is 0 Å². The van der Waals surface area contributed by atoms with Crippen molar-refractivity contribution in [2.45, 2.75) is 5.03 Å². The number of rotatable bonds is 1. The highest BCUT2D eigenvalue weighted by Gasteiger charge is 2.07. The van der Waals surface area contributed by atoms with Gasteiger partial charge in [-0.2, -0.15) is 5.26 Å². The third-order valence-electron chi connectivity index (χ3n) is 1.42. The molecule has 0 aliphatic heterocycles. The third kappa shape index (κ3) is 2.75. The molecular formula is C9H9N3OS. The maximum Gasteiger partial charge on any atom is 0.287 e. The zero-order valence-electron chi connectivity index (χ0n) is 7.89. The van der Waals surface area contributed by atoms with Gasteiger partial charge >= 0.3 is 0 Å². The van der Waals surface area contributed by atoms with Crippen molar-refractivity contribution < 1.29 is 4.79 Å². The minimum Gasteiger partial charge on any atom is -0.339 e. The van der Waals surface area contributed by atoms with Crippen LogP contribution in [0.5, 0.6) is 0 Å². The average molecular weight is 207 g/mol. The van der Waals surface area contributed by atoms with Gasteiger partial charge in [0.1, 0.15) is 5.03 Å². The normalized spacial score (nSPS) is 9.21. The van der Waals surface area contributed by atoms with Crippen LogP contribution in [0, 0.1) is 11.3 Å². The Labute approximate surface area is 86.5 Å². The first kappa shape index (κ1) is 10.5. The van der Waals surface area contributed by atoms with Gasteiger partial charge in [-0.25, -0.2) is 4.98 Å². The molecule has 0 fully saturated rings. The number of aromatic nitrogens is 1. The smallest absolute Gasteiger partial charge is 0.287 e. The summed E-state index contributed by atoms with van der Waals surface area (Å²) in [4.78, 5) is 16.7. The lowest BCUT2D eigenvalue weighted by Crippen LogP contribution is -2.16. The Morgan fingerprint density at radius 1 is 1.64 bits per heavy atom. The molecule has 0 radical (unpaired) electrons. The van der Waals surface area contributed by atoms with Crippen molar-refractivity contribution in [2.24, 2.45) is 0 Å². The van der Waals surface area contributed by atoms with Gasteiger partial charge in [-0.1, -0.05) is 0 Å². The van der Waals surface area contributed by atoms with Crippen LogP contribution in [0.15, 0.2) is 23.4 Å². The fourth-order valence-corrected chi connectivity index (χ4v) is 1.38. The van der Waals surface area contributed by atoms with E-state index in [-0.39, 0.29) is 5.24 Å². The van der Waals surface area contributed by atoms with E-state index >= 15 is 0 Å². The molecule has 0 atom stereocenters. The van der Waals surface area contributed by atoms with E-state index in [1.807, 2.05) is 6.07 Å². The number of amides is 1. The second-order valence-corrected chi connectivity index (χ2v) is 3.73. The Kier molecular flexibility index (Phi) is 3.48. The average Bonchev–Trinajstić information content (AvgIpc) is 2.18. The predicted molar refractivity (Wildman–Crippen MR) is 53.9 cm³/mol. The monoisotopic (exact) mass is 207 g/mol. The van der Waals surface area contributed by atoms with E-state index in [9.17, 15) is 4.79 Å². The fraction of sp³-hybridized carbons (Fsp3) is 0.222. The lowest BCUT2D eigenvalue weighted by atomic mass is 10.3. The van der Waals surface area contributed by atoms with E-state index < -0.39 is 0 Å². The molecule has 1 rings (SSSR count). The number of thioether (sulfide) groups is 1. The Bertz CT molecular complexity index is 384. The first-order chi connectivity index (χ1) is 6.63. The number of hydrogen-bond donors (Lipinski definition) is 0. The zero-order chi connectivity index (χ0) is 10.6. The molecule has 0 spiro atoms. The van der Waals surface area contributed by atoms with Crippen molar-refractivity contribution in [3.05, 3.63) is 23.9 Å². The lowest BCUT2D eigenvalue weighted by Gasteiger charge is -2.07. The van der Waals surface area contributed by atoms with Crippen LogP contribution >= 0.6 is 11.8 Å². The number of carbonyl (C=O) groups excluding carboxylic acids is 1. The first-order valence-corrected chi connectivity index (χ1v) is 4.70. The van der Waals surface area contributed by atoms with E-state index in [4.69, 9.17) is 5.26 Å². The fourth-order valence-electron chi connectivity index (χ4n) is 0.716. The molecule has 0 N–H and O–H groups in total. The molecule has 5 heteroatoms. The van der Waals surface area contributed by atoms with E-state index in [0.29, 0.717) is 10.6 Å². The quantitative estimate of drug-likeness (QED) is 0.658. The Morgan fingerprint density at radius 3 is 2.93 bits per heavy atom. The Morgan fingerprint density at radius 2 is 2.36 bits per heavy atom. The molecule has 14 heavy (non-hydrogen) atoms. The summed E-state index contributed by atoms with van der Waals surface area (Å²) in [6.45, 7) is 0. The highest BCUT2D eigenvalue weighted by atomic mass is 32.2. The van der Waals surface area contributed by atoms with E-state index in [1.165, 1.54) is 11.1 Å². The van der Waals surface area contributed by atoms with Gasteiger partial charge in [-0.3, -0.25) is 4.79 Å². The minimum absolute atomic E-state index is 0.104. The second-order valence-electron chi connectivity index (χ2n) is 2.76. The second kappa shape index (κ2) is 4.63. The first-order valence-electron chi connectivity index (χ1n) is 3.89. The maximum absolute atomic E-state index is 11.3. The molecule has 1 amide bonds. The summed E-state index contributed by atoms with van der Waals surface area (Å²) in [7, 11) is 3.34. The summed E-state index contributed by atoms with van der Waals surface area (Å²) in [6.07, 6.45) is 1.52. The summed E-state index contributed by atoms with van der Waals surface area (Å²) in [5.74, 6) is 0. The van der Waals surface area contributed by atoms with Crippen molar-refractivity contribution in [2.75, 3.05) is 14.1 Å². The molecule has 0 unspecified atom stereocenters. The van der Waals surface area contributed by atoms with Gasteiger partial charge in [0.2, 0.25) is 0 Å². The summed E-state index contributed by atoms with van der Waals surface area (Å²) in [5.41, 5.74) is 0.508. The number of nitrogens with zero attached hydrogens (tertiary/aromatic N) is 3. The van der Waals surface area contributed by atoms with Crippen LogP contribution in [0.2, 0.25) is 0 Å². The molecule has 72 valence electrons. The van der Waals surface area contributed by atoms with Gasteiger partial charge < -0.3 is 4.90 Å². The standard InChI is InChI=1S/C9H9N3OS/c1-12(2)9(13)14-8-5-7(6-10)3-4-11-8/h3-5H,1-2H3. The Hall–Kier alpha value is -1.54. The van der Waals surface area contributed by atoms with Crippen molar-refractivity contribution in [3.8, 4) is 6.07 Å². The van der Waals surface area contributed by atoms with Crippen molar-refractivity contribution in [1.82, 2.24) is 9.88 Å². The zero-order valence-corrected chi connectivity index (χ0v) is 8.71. The van der Waals surface area contributed by atoms with Crippen LogP contribution in [0.4, 0.5) is 4.79 Å². The molecule has 0 aromatic carbocycles. The summed E-state index contributed by atoms with van der Waals surface area (Å²) in [5, 5.41) is 9.06. The topological polar surface area (TPSA) is 57.0 Å². The largest absolute Gasteiger partial charge is 0.339 e. The van der Waals surface area contributed by atoms with Crippen molar-refractivity contribution in [3.63, 3.8) is 0 Å². The number of hydrogen-bond acceptors (Lipinski definition) is 4. The number of nitriles is 1. The number of carbonyl (C=O) groups is 1. The van der Waals surface area contributed by atoms with Crippen LogP contribution in [-0.4, -0.2) is 29.2 Å². The lowest BCUT2D eigenvalue weighted by molar-refractivity contribution is 0.241. The molecule has 0 saturated carbocycles. The molecule has 0 aliphatic carbocycles. The molecular weight excluding hydrogens is 198 g/mol. The highest BCUT2D eigenvalue weighted by Crippen LogP contribution is 2.18. The van der Waals surface area contributed by atoms with Gasteiger partial charge in [0, 0.05) is 20.3 Å². The van der Waals surface area contributed by atoms with Gasteiger partial charge in [-0.15, -0.1) is 0 Å². The molecule has 0 saturated heterocycles. The summed E-state index contributed by atoms with van der Waals surface area (Å²) >= 11 is 1.01. The molecule has 0 aliphatic rings. The van der Waals surface area contributed by atoms with E-state index in [0.717, 1.165) is 11.8 Å². The predicted octanol–water partition coefficient (Wildman–Crippen LogP) is 1.73. The third-order valence-corrected chi connectivity index (χ3v) is 2.39. The minimum atomic E-state index is -0.104. The van der Waals surface area contributed by atoms with Gasteiger partial charge in [0.05, 0.1) is 11.6 Å². The van der Waals surface area contributed by atoms with Crippen LogP contribution in [0.1, 0.15) is 5.56 Å². The number of pyridine rings is 1. The molecule has 1 aromatic heterocycles. The molecule has 0 bridgehead atoms. The van der Waals surface area contributed by atoms with Crippen molar-refractivity contribution >= 4 is 17.0 Å². The molecule has 1 heterocycles. The van der Waals surface area contributed by atoms with E-state index in [1.54, 1.807) is 26.2 Å². The van der Waals surface area contributed by atoms with Gasteiger partial charge in [0.25, 0.3) is 5.24 Å². The van der Waals surface area contributed by atoms with Crippen molar-refractivity contribution in [1.29, 1.82) is 5.26 Å². The van der Waals surface area contributed by atoms with Gasteiger partial charge in [0.15, 0.2) is 0 Å². The van der Waals surface area contributed by atoms with Gasteiger partial charge in [-0.05, 0) is 23.9 Å². The summed E-state index contributed by atoms with van der Waals surface area (Å²) < 4.78 is 0.